The predicted octanol–water partition coefficient (Wildman–Crippen LogP) is 5.39. The zero-order valence-corrected chi connectivity index (χ0v) is 15.6. The van der Waals surface area contributed by atoms with E-state index in [9.17, 15) is 9.18 Å². The van der Waals surface area contributed by atoms with Crippen molar-refractivity contribution in [2.75, 3.05) is 16.8 Å². The van der Waals surface area contributed by atoms with E-state index in [4.69, 9.17) is 4.74 Å². The summed E-state index contributed by atoms with van der Waals surface area (Å²) < 4.78 is 19.1. The van der Waals surface area contributed by atoms with E-state index in [1.807, 2.05) is 42.5 Å². The van der Waals surface area contributed by atoms with Gasteiger partial charge in [0, 0.05) is 11.4 Å². The molecule has 0 saturated heterocycles. The zero-order chi connectivity index (χ0) is 19.5. The zero-order valence-electron chi connectivity index (χ0n) is 15.6. The van der Waals surface area contributed by atoms with Gasteiger partial charge < -0.3 is 10.1 Å². The average Bonchev–Trinajstić information content (AvgIpc) is 2.73. The number of nitrogens with zero attached hydrogens (tertiary/aromatic N) is 1. The van der Waals surface area contributed by atoms with E-state index in [1.54, 1.807) is 23.1 Å². The number of hydrogen-bond donors (Lipinski definition) is 1. The minimum atomic E-state index is -0.409. The third-order valence-corrected chi connectivity index (χ3v) is 4.70. The number of anilines is 2. The number of carbonyl (C=O) groups is 1. The van der Waals surface area contributed by atoms with Gasteiger partial charge in [-0.2, -0.15) is 0 Å². The van der Waals surface area contributed by atoms with E-state index in [1.165, 1.54) is 12.1 Å². The van der Waals surface area contributed by atoms with E-state index in [2.05, 4.69) is 12.2 Å². The molecule has 0 spiro atoms. The summed E-state index contributed by atoms with van der Waals surface area (Å²) in [7, 11) is 0. The first kappa shape index (κ1) is 18.0. The van der Waals surface area contributed by atoms with Crippen LogP contribution in [0.2, 0.25) is 0 Å². The molecule has 142 valence electrons. The van der Waals surface area contributed by atoms with Crippen molar-refractivity contribution in [3.8, 4) is 5.75 Å². The van der Waals surface area contributed by atoms with Gasteiger partial charge in [-0.05, 0) is 60.5 Å². The van der Waals surface area contributed by atoms with Gasteiger partial charge in [0.05, 0.1) is 12.2 Å². The SMILES string of the molecule is CCCOc1ccc(C2Nc3ccccc3C(=O)N2c2ccc(F)cc2)cc1. The number of ether oxygens (including phenoxy) is 1. The summed E-state index contributed by atoms with van der Waals surface area (Å²) in [4.78, 5) is 14.9. The van der Waals surface area contributed by atoms with E-state index in [0.717, 1.165) is 23.4 Å². The molecule has 0 radical (unpaired) electrons. The molecular weight excluding hydrogens is 355 g/mol. The van der Waals surface area contributed by atoms with Crippen molar-refractivity contribution < 1.29 is 13.9 Å². The highest BCUT2D eigenvalue weighted by atomic mass is 19.1. The largest absolute Gasteiger partial charge is 0.494 e. The molecule has 5 heteroatoms. The maximum absolute atomic E-state index is 13.4. The topological polar surface area (TPSA) is 41.6 Å². The number of benzene rings is 3. The lowest BCUT2D eigenvalue weighted by Crippen LogP contribution is -2.43. The fraction of sp³-hybridized carbons (Fsp3) is 0.174. The van der Waals surface area contributed by atoms with Gasteiger partial charge in [-0.25, -0.2) is 4.39 Å². The number of para-hydroxylation sites is 1. The maximum Gasteiger partial charge on any atom is 0.262 e. The Balaban J connectivity index is 1.74. The summed E-state index contributed by atoms with van der Waals surface area (Å²) in [6, 6.07) is 21.1. The molecule has 1 unspecified atom stereocenters. The van der Waals surface area contributed by atoms with Gasteiger partial charge in [-0.1, -0.05) is 31.2 Å². The molecule has 0 fully saturated rings. The lowest BCUT2D eigenvalue weighted by atomic mass is 10.0. The van der Waals surface area contributed by atoms with Crippen LogP contribution in [0.1, 0.15) is 35.4 Å². The van der Waals surface area contributed by atoms with E-state index < -0.39 is 6.17 Å². The standard InChI is InChI=1S/C23H21FN2O2/c1-2-15-28-19-13-7-16(8-14-19)22-25-21-6-4-3-5-20(21)23(27)26(22)18-11-9-17(24)10-12-18/h3-14,22,25H,2,15H2,1H3. The van der Waals surface area contributed by atoms with Crippen molar-refractivity contribution >= 4 is 17.3 Å². The second-order valence-corrected chi connectivity index (χ2v) is 6.66. The minimum Gasteiger partial charge on any atom is -0.494 e. The molecule has 0 saturated carbocycles. The van der Waals surface area contributed by atoms with Crippen LogP contribution in [0.3, 0.4) is 0 Å². The first-order valence-electron chi connectivity index (χ1n) is 9.35. The summed E-state index contributed by atoms with van der Waals surface area (Å²) in [6.07, 6.45) is 0.531. The van der Waals surface area contributed by atoms with Gasteiger partial charge in [0.25, 0.3) is 5.91 Å². The molecule has 3 aromatic carbocycles. The van der Waals surface area contributed by atoms with Crippen LogP contribution in [0.15, 0.2) is 72.8 Å². The summed E-state index contributed by atoms with van der Waals surface area (Å²) in [5.41, 5.74) is 2.91. The number of rotatable bonds is 5. The molecule has 4 nitrogen and oxygen atoms in total. The number of carbonyl (C=O) groups excluding carboxylic acids is 1. The highest BCUT2D eigenvalue weighted by Gasteiger charge is 2.33. The van der Waals surface area contributed by atoms with Crippen LogP contribution in [0.4, 0.5) is 15.8 Å². The number of fused-ring (bicyclic) bond motifs is 1. The molecule has 4 rings (SSSR count). The monoisotopic (exact) mass is 376 g/mol. The third kappa shape index (κ3) is 3.43. The quantitative estimate of drug-likeness (QED) is 0.649. The van der Waals surface area contributed by atoms with Gasteiger partial charge in [0.15, 0.2) is 0 Å². The molecule has 1 aliphatic rings. The molecule has 1 aliphatic heterocycles. The first-order chi connectivity index (χ1) is 13.7. The normalized spacial score (nSPS) is 15.7. The molecule has 1 amide bonds. The predicted molar refractivity (Wildman–Crippen MR) is 108 cm³/mol. The Kier molecular flexibility index (Phi) is 4.98. The van der Waals surface area contributed by atoms with Crippen molar-refractivity contribution in [2.45, 2.75) is 19.5 Å². The van der Waals surface area contributed by atoms with Crippen LogP contribution < -0.4 is 15.0 Å². The van der Waals surface area contributed by atoms with Crippen molar-refractivity contribution in [3.63, 3.8) is 0 Å². The fourth-order valence-corrected chi connectivity index (χ4v) is 3.32. The first-order valence-corrected chi connectivity index (χ1v) is 9.35. The average molecular weight is 376 g/mol. The highest BCUT2D eigenvalue weighted by Crippen LogP contribution is 2.37. The Bertz CT molecular complexity index is 971. The molecule has 28 heavy (non-hydrogen) atoms. The third-order valence-electron chi connectivity index (χ3n) is 4.70. The van der Waals surface area contributed by atoms with Crippen molar-refractivity contribution in [1.82, 2.24) is 0 Å². The van der Waals surface area contributed by atoms with E-state index in [-0.39, 0.29) is 11.7 Å². The molecular formula is C23H21FN2O2. The van der Waals surface area contributed by atoms with Crippen LogP contribution in [0.25, 0.3) is 0 Å². The number of halogens is 1. The van der Waals surface area contributed by atoms with Crippen LogP contribution in [0.5, 0.6) is 5.75 Å². The molecule has 3 aromatic rings. The fourth-order valence-electron chi connectivity index (χ4n) is 3.32. The summed E-state index contributed by atoms with van der Waals surface area (Å²) in [6.45, 7) is 2.72. The lowest BCUT2D eigenvalue weighted by molar-refractivity contribution is 0.0975. The Labute approximate surface area is 163 Å². The van der Waals surface area contributed by atoms with Crippen LogP contribution in [0, 0.1) is 5.82 Å². The van der Waals surface area contributed by atoms with Gasteiger partial charge in [-0.3, -0.25) is 9.69 Å². The van der Waals surface area contributed by atoms with Crippen molar-refractivity contribution in [3.05, 3.63) is 89.7 Å². The van der Waals surface area contributed by atoms with Crippen LogP contribution >= 0.6 is 0 Å². The number of amides is 1. The Morgan fingerprint density at radius 3 is 2.43 bits per heavy atom. The lowest BCUT2D eigenvalue weighted by Gasteiger charge is -2.38. The molecule has 1 atom stereocenters. The smallest absolute Gasteiger partial charge is 0.262 e. The van der Waals surface area contributed by atoms with Crippen LogP contribution in [-0.4, -0.2) is 12.5 Å². The second-order valence-electron chi connectivity index (χ2n) is 6.66. The van der Waals surface area contributed by atoms with Gasteiger partial charge in [0.1, 0.15) is 17.7 Å². The van der Waals surface area contributed by atoms with Gasteiger partial charge >= 0.3 is 0 Å². The van der Waals surface area contributed by atoms with Crippen LogP contribution in [-0.2, 0) is 0 Å². The Hall–Kier alpha value is -3.34. The van der Waals surface area contributed by atoms with E-state index in [0.29, 0.717) is 17.9 Å². The summed E-state index contributed by atoms with van der Waals surface area (Å²) >= 11 is 0. The highest BCUT2D eigenvalue weighted by molar-refractivity contribution is 6.12. The van der Waals surface area contributed by atoms with Gasteiger partial charge in [0.2, 0.25) is 0 Å². The van der Waals surface area contributed by atoms with E-state index >= 15 is 0 Å². The number of hydrogen-bond acceptors (Lipinski definition) is 3. The molecule has 0 aliphatic carbocycles. The molecule has 0 aromatic heterocycles. The number of nitrogens with one attached hydrogen (secondary N) is 1. The second kappa shape index (κ2) is 7.72. The Morgan fingerprint density at radius 2 is 1.71 bits per heavy atom. The van der Waals surface area contributed by atoms with Crippen molar-refractivity contribution in [1.29, 1.82) is 0 Å². The maximum atomic E-state index is 13.4. The van der Waals surface area contributed by atoms with Crippen molar-refractivity contribution in [2.24, 2.45) is 0 Å². The summed E-state index contributed by atoms with van der Waals surface area (Å²) in [5, 5.41) is 3.44. The molecule has 1 N–H and O–H groups in total. The summed E-state index contributed by atoms with van der Waals surface area (Å²) in [5.74, 6) is 0.328. The molecule has 0 bridgehead atoms. The Morgan fingerprint density at radius 1 is 1.00 bits per heavy atom. The molecule has 1 heterocycles. The van der Waals surface area contributed by atoms with Gasteiger partial charge in [-0.15, -0.1) is 0 Å². The minimum absolute atomic E-state index is 0.128.